The summed E-state index contributed by atoms with van der Waals surface area (Å²) in [6.07, 6.45) is 7.16. The van der Waals surface area contributed by atoms with E-state index in [1.165, 1.54) is 18.5 Å². The van der Waals surface area contributed by atoms with Gasteiger partial charge in [-0.15, -0.1) is 0 Å². The molecule has 8 heteroatoms. The van der Waals surface area contributed by atoms with Gasteiger partial charge in [0.1, 0.15) is 5.67 Å². The summed E-state index contributed by atoms with van der Waals surface area (Å²) < 4.78 is 22.4. The Morgan fingerprint density at radius 3 is 1.65 bits per heavy atom. The van der Waals surface area contributed by atoms with Gasteiger partial charge in [-0.05, 0) is 25.7 Å². The maximum Gasteiger partial charge on any atom is 0.523 e. The minimum Gasteiger partial charge on any atom is -0.412 e. The van der Waals surface area contributed by atoms with Crippen molar-refractivity contribution in [1.29, 1.82) is 0 Å². The Bertz CT molecular complexity index is 370. The first-order chi connectivity index (χ1) is 12.3. The zero-order valence-corrected chi connectivity index (χ0v) is 20.0. The van der Waals surface area contributed by atoms with Gasteiger partial charge in [-0.2, -0.15) is 0 Å². The summed E-state index contributed by atoms with van der Waals surface area (Å²) in [6.45, 7) is 10.7. The summed E-state index contributed by atoms with van der Waals surface area (Å²) in [5.74, 6) is -0.0384. The molecular weight excluding hydrogens is 369 g/mol. The van der Waals surface area contributed by atoms with Crippen LogP contribution in [0.15, 0.2) is 0 Å². The number of carbonyl (C=O) groups excluding carboxylic acids is 1. The Labute approximate surface area is 162 Å². The van der Waals surface area contributed by atoms with E-state index in [0.29, 0.717) is 6.42 Å². The van der Waals surface area contributed by atoms with Crippen LogP contribution in [-0.4, -0.2) is 66.2 Å². The van der Waals surface area contributed by atoms with Crippen LogP contribution in [0.1, 0.15) is 60.3 Å². The SMILES string of the molecule is CCC[P+](CCC)(CCC)C(C)OC(=O)NC(CC)[Si](OC)(OC)OC. The van der Waals surface area contributed by atoms with Crippen LogP contribution in [0.3, 0.4) is 0 Å². The number of rotatable bonds is 14. The second kappa shape index (κ2) is 13.1. The Morgan fingerprint density at radius 1 is 0.923 bits per heavy atom. The minimum atomic E-state index is -2.95. The van der Waals surface area contributed by atoms with Crippen LogP contribution in [0.5, 0.6) is 0 Å². The molecule has 0 aromatic carbocycles. The molecule has 2 unspecified atom stereocenters. The molecule has 1 N–H and O–H groups in total. The smallest absolute Gasteiger partial charge is 0.412 e. The van der Waals surface area contributed by atoms with Gasteiger partial charge in [0.25, 0.3) is 0 Å². The lowest BCUT2D eigenvalue weighted by molar-refractivity contribution is 0.0971. The van der Waals surface area contributed by atoms with Gasteiger partial charge < -0.3 is 23.3 Å². The summed E-state index contributed by atoms with van der Waals surface area (Å²) in [5.41, 5.74) is -0.335. The summed E-state index contributed by atoms with van der Waals surface area (Å²) in [4.78, 5) is 12.6. The summed E-state index contributed by atoms with van der Waals surface area (Å²) in [6, 6.07) is 0. The average molecular weight is 411 g/mol. The molecule has 156 valence electrons. The van der Waals surface area contributed by atoms with Crippen molar-refractivity contribution in [3.63, 3.8) is 0 Å². The Morgan fingerprint density at radius 2 is 1.35 bits per heavy atom. The number of ether oxygens (including phenoxy) is 1. The van der Waals surface area contributed by atoms with E-state index < -0.39 is 22.2 Å². The molecule has 0 aromatic rings. The largest absolute Gasteiger partial charge is 0.523 e. The molecule has 0 aliphatic heterocycles. The van der Waals surface area contributed by atoms with Gasteiger partial charge in [0.2, 0.25) is 5.85 Å². The molecule has 0 saturated heterocycles. The third-order valence-corrected chi connectivity index (χ3v) is 13.8. The number of hydrogen-bond donors (Lipinski definition) is 1. The first-order valence-corrected chi connectivity index (χ1v) is 14.0. The Kier molecular flexibility index (Phi) is 13.0. The third-order valence-electron chi connectivity index (χ3n) is 5.04. The normalized spacial score (nSPS) is 14.8. The second-order valence-corrected chi connectivity index (χ2v) is 14.3. The highest BCUT2D eigenvalue weighted by Crippen LogP contribution is 2.64. The fourth-order valence-corrected chi connectivity index (χ4v) is 10.7. The molecule has 0 heterocycles. The maximum absolute atomic E-state index is 12.6. The molecule has 0 fully saturated rings. The average Bonchev–Trinajstić information content (AvgIpc) is 2.62. The van der Waals surface area contributed by atoms with Crippen LogP contribution in [-0.2, 0) is 18.0 Å². The first kappa shape index (κ1) is 25.8. The molecule has 0 bridgehead atoms. The van der Waals surface area contributed by atoms with Crippen molar-refractivity contribution < 1.29 is 22.8 Å². The van der Waals surface area contributed by atoms with Crippen molar-refractivity contribution in [3.05, 3.63) is 0 Å². The standard InChI is InChI=1S/C18H40NO5PSi/c1-9-13-25(14-10-2,15-11-3)16(5)24-18(20)19-17(12-4)26(21-6,22-7)23-8/h16-17H,9-15H2,1-8H3/p+1. The summed E-state index contributed by atoms with van der Waals surface area (Å²) >= 11 is 0. The lowest BCUT2D eigenvalue weighted by Crippen LogP contribution is -2.61. The quantitative estimate of drug-likeness (QED) is 0.337. The van der Waals surface area contributed by atoms with E-state index in [9.17, 15) is 4.79 Å². The van der Waals surface area contributed by atoms with Crippen molar-refractivity contribution in [2.45, 2.75) is 71.8 Å². The van der Waals surface area contributed by atoms with E-state index in [4.69, 9.17) is 18.0 Å². The van der Waals surface area contributed by atoms with Gasteiger partial charge in [0.15, 0.2) is 0 Å². The van der Waals surface area contributed by atoms with E-state index in [1.54, 1.807) is 21.3 Å². The molecule has 26 heavy (non-hydrogen) atoms. The summed E-state index contributed by atoms with van der Waals surface area (Å²) in [5, 5.41) is 2.93. The highest BCUT2D eigenvalue weighted by atomic mass is 31.2. The van der Waals surface area contributed by atoms with Crippen LogP contribution in [0.25, 0.3) is 0 Å². The van der Waals surface area contributed by atoms with Crippen LogP contribution < -0.4 is 5.32 Å². The first-order valence-electron chi connectivity index (χ1n) is 9.83. The number of carbonyl (C=O) groups is 1. The number of amides is 1. The van der Waals surface area contributed by atoms with Crippen LogP contribution in [0, 0.1) is 0 Å². The highest BCUT2D eigenvalue weighted by molar-refractivity contribution is 7.76. The number of hydrogen-bond acceptors (Lipinski definition) is 5. The van der Waals surface area contributed by atoms with Gasteiger partial charge in [0.05, 0.1) is 25.7 Å². The van der Waals surface area contributed by atoms with Crippen LogP contribution in [0.2, 0.25) is 0 Å². The van der Waals surface area contributed by atoms with Crippen molar-refractivity contribution in [3.8, 4) is 0 Å². The minimum absolute atomic E-state index is 0.0384. The fourth-order valence-electron chi connectivity index (χ4n) is 3.78. The van der Waals surface area contributed by atoms with E-state index in [2.05, 4.69) is 33.0 Å². The van der Waals surface area contributed by atoms with Crippen LogP contribution >= 0.6 is 7.26 Å². The molecule has 1 amide bonds. The lowest BCUT2D eigenvalue weighted by atomic mass is 10.5. The topological polar surface area (TPSA) is 66.0 Å². The molecular formula is C18H41NO5PSi+. The zero-order chi connectivity index (χ0) is 20.2. The number of nitrogens with one attached hydrogen (secondary N) is 1. The van der Waals surface area contributed by atoms with Gasteiger partial charge in [-0.1, -0.05) is 27.7 Å². The van der Waals surface area contributed by atoms with Gasteiger partial charge in [0, 0.05) is 28.3 Å². The number of alkyl carbamates (subject to hydrolysis) is 1. The Balaban J connectivity index is 5.19. The summed E-state index contributed by atoms with van der Waals surface area (Å²) in [7, 11) is 0.385. The predicted molar refractivity (Wildman–Crippen MR) is 112 cm³/mol. The molecule has 0 spiro atoms. The van der Waals surface area contributed by atoms with Crippen molar-refractivity contribution in [2.24, 2.45) is 0 Å². The van der Waals surface area contributed by atoms with Crippen molar-refractivity contribution in [1.82, 2.24) is 5.32 Å². The van der Waals surface area contributed by atoms with Gasteiger partial charge in [-0.3, -0.25) is 0 Å². The van der Waals surface area contributed by atoms with Crippen molar-refractivity contribution in [2.75, 3.05) is 39.8 Å². The van der Waals surface area contributed by atoms with E-state index in [-0.39, 0.29) is 11.5 Å². The monoisotopic (exact) mass is 410 g/mol. The molecule has 0 aliphatic rings. The maximum atomic E-state index is 12.6. The highest BCUT2D eigenvalue weighted by Gasteiger charge is 2.49. The van der Waals surface area contributed by atoms with Gasteiger partial charge >= 0.3 is 14.9 Å². The second-order valence-electron chi connectivity index (χ2n) is 6.72. The fraction of sp³-hybridized carbons (Fsp3) is 0.944. The Hall–Kier alpha value is -0.203. The predicted octanol–water partition coefficient (Wildman–Crippen LogP) is 4.50. The molecule has 6 nitrogen and oxygen atoms in total. The molecule has 0 saturated carbocycles. The molecule has 0 rings (SSSR count). The van der Waals surface area contributed by atoms with Crippen molar-refractivity contribution >= 4 is 22.2 Å². The van der Waals surface area contributed by atoms with E-state index in [0.717, 1.165) is 19.3 Å². The molecule has 0 aromatic heterocycles. The van der Waals surface area contributed by atoms with E-state index >= 15 is 0 Å². The van der Waals surface area contributed by atoms with Crippen LogP contribution in [0.4, 0.5) is 4.79 Å². The van der Waals surface area contributed by atoms with Gasteiger partial charge in [-0.25, -0.2) is 4.79 Å². The molecule has 0 radical (unpaired) electrons. The zero-order valence-electron chi connectivity index (χ0n) is 18.1. The third kappa shape index (κ3) is 6.75. The lowest BCUT2D eigenvalue weighted by Gasteiger charge is -2.34. The molecule has 0 aliphatic carbocycles. The molecule has 2 atom stereocenters. The van der Waals surface area contributed by atoms with E-state index in [1.807, 2.05) is 6.92 Å².